The number of esters is 1. The number of amides is 1. The van der Waals surface area contributed by atoms with Crippen LogP contribution in [0.15, 0.2) is 12.2 Å². The first-order valence-corrected chi connectivity index (χ1v) is 16.5. The molecule has 6 heteroatoms. The van der Waals surface area contributed by atoms with Crippen LogP contribution >= 0.6 is 0 Å². The highest BCUT2D eigenvalue weighted by Gasteiger charge is 2.18. The minimum Gasteiger partial charge on any atom is -0.480 e. The number of unbranched alkanes of at least 4 members (excludes halogenated alkanes) is 13. The molecule has 0 rings (SSSR count). The number of carboxylic acids is 1. The van der Waals surface area contributed by atoms with Crippen molar-refractivity contribution >= 4 is 17.8 Å². The van der Waals surface area contributed by atoms with Gasteiger partial charge in [-0.15, -0.1) is 0 Å². The molecule has 0 heterocycles. The fourth-order valence-corrected chi connectivity index (χ4v) is 4.84. The molecule has 0 aromatic heterocycles. The second-order valence-electron chi connectivity index (χ2n) is 12.4. The summed E-state index contributed by atoms with van der Waals surface area (Å²) >= 11 is 0. The third kappa shape index (κ3) is 29.1. The Morgan fingerprint density at radius 1 is 0.650 bits per heavy atom. The number of carbonyl (C=O) groups excluding carboxylic acids is 2. The number of rotatable bonds is 28. The molecule has 0 radical (unpaired) electrons. The molecule has 234 valence electrons. The van der Waals surface area contributed by atoms with Crippen LogP contribution < -0.4 is 5.32 Å². The van der Waals surface area contributed by atoms with E-state index in [4.69, 9.17) is 9.84 Å². The first-order chi connectivity index (χ1) is 19.2. The lowest BCUT2D eigenvalue weighted by molar-refractivity contribution is -0.151. The Kier molecular flexibility index (Phi) is 26.1. The van der Waals surface area contributed by atoms with Crippen molar-refractivity contribution in [2.45, 2.75) is 169 Å². The standard InChI is InChI=1S/C34H63NO5/c1-29(2)23-19-15-11-7-5-9-13-17-21-25-31(27-32(36)35-28-33(37)38)40-34(39)26-22-18-14-10-6-8-12-16-20-24-30(3)4/h14,18,29-31H,5-13,15-17,19-28H2,1-4H3,(H,35,36)(H,37,38)/b18-14+/t31-/m1/s1. The topological polar surface area (TPSA) is 92.7 Å². The molecule has 0 saturated heterocycles. The molecule has 0 bridgehead atoms. The highest BCUT2D eigenvalue weighted by atomic mass is 16.5. The lowest BCUT2D eigenvalue weighted by Crippen LogP contribution is -2.33. The van der Waals surface area contributed by atoms with Gasteiger partial charge in [-0.2, -0.15) is 0 Å². The zero-order valence-corrected chi connectivity index (χ0v) is 26.5. The quantitative estimate of drug-likeness (QED) is 0.0560. The second-order valence-corrected chi connectivity index (χ2v) is 12.4. The number of hydrogen-bond acceptors (Lipinski definition) is 4. The third-order valence-electron chi connectivity index (χ3n) is 7.29. The van der Waals surface area contributed by atoms with E-state index in [1.165, 1.54) is 83.5 Å². The Labute approximate surface area is 246 Å². The first kappa shape index (κ1) is 38.1. The Hall–Kier alpha value is -1.85. The number of carbonyl (C=O) groups is 3. The largest absolute Gasteiger partial charge is 0.480 e. The van der Waals surface area contributed by atoms with Crippen molar-refractivity contribution in [1.82, 2.24) is 5.32 Å². The van der Waals surface area contributed by atoms with E-state index in [-0.39, 0.29) is 18.3 Å². The summed E-state index contributed by atoms with van der Waals surface area (Å²) in [5.41, 5.74) is 0. The molecule has 1 amide bonds. The summed E-state index contributed by atoms with van der Waals surface area (Å²) in [7, 11) is 0. The van der Waals surface area contributed by atoms with Gasteiger partial charge in [0.2, 0.25) is 5.91 Å². The van der Waals surface area contributed by atoms with Crippen molar-refractivity contribution in [3.05, 3.63) is 12.2 Å². The van der Waals surface area contributed by atoms with Crippen molar-refractivity contribution in [1.29, 1.82) is 0 Å². The number of hydrogen-bond donors (Lipinski definition) is 2. The number of aliphatic carboxylic acids is 1. The van der Waals surface area contributed by atoms with Crippen LogP contribution in [0.2, 0.25) is 0 Å². The van der Waals surface area contributed by atoms with Gasteiger partial charge < -0.3 is 15.2 Å². The molecular formula is C34H63NO5. The van der Waals surface area contributed by atoms with E-state index < -0.39 is 18.6 Å². The second kappa shape index (κ2) is 27.3. The van der Waals surface area contributed by atoms with Gasteiger partial charge in [-0.1, -0.05) is 130 Å². The molecule has 40 heavy (non-hydrogen) atoms. The molecule has 0 aromatic rings. The molecule has 0 saturated carbocycles. The highest BCUT2D eigenvalue weighted by Crippen LogP contribution is 2.16. The Balaban J connectivity index is 4.15. The minimum atomic E-state index is -1.08. The van der Waals surface area contributed by atoms with Crippen LogP contribution in [0.4, 0.5) is 0 Å². The van der Waals surface area contributed by atoms with Gasteiger partial charge in [-0.3, -0.25) is 14.4 Å². The fourth-order valence-electron chi connectivity index (χ4n) is 4.84. The number of carboxylic acid groups (broad SMARTS) is 1. The molecule has 6 nitrogen and oxygen atoms in total. The van der Waals surface area contributed by atoms with Gasteiger partial charge in [0.05, 0.1) is 6.42 Å². The van der Waals surface area contributed by atoms with E-state index in [0.717, 1.165) is 37.5 Å². The summed E-state index contributed by atoms with van der Waals surface area (Å²) in [6.45, 7) is 8.70. The summed E-state index contributed by atoms with van der Waals surface area (Å²) in [6, 6.07) is 0. The van der Waals surface area contributed by atoms with Crippen molar-refractivity contribution in [3.8, 4) is 0 Å². The maximum absolute atomic E-state index is 12.4. The molecule has 0 aliphatic heterocycles. The zero-order valence-electron chi connectivity index (χ0n) is 26.5. The molecule has 1 atom stereocenters. The molecule has 0 unspecified atom stereocenters. The first-order valence-electron chi connectivity index (χ1n) is 16.5. The third-order valence-corrected chi connectivity index (χ3v) is 7.29. The van der Waals surface area contributed by atoms with E-state index in [1.807, 2.05) is 0 Å². The Bertz CT molecular complexity index is 659. The number of nitrogens with one attached hydrogen (secondary N) is 1. The Morgan fingerprint density at radius 3 is 1.60 bits per heavy atom. The molecular weight excluding hydrogens is 502 g/mol. The van der Waals surface area contributed by atoms with Crippen LogP contribution in [0, 0.1) is 11.8 Å². The molecule has 0 aliphatic rings. The van der Waals surface area contributed by atoms with Gasteiger partial charge in [0.1, 0.15) is 12.6 Å². The van der Waals surface area contributed by atoms with Crippen molar-refractivity contribution in [3.63, 3.8) is 0 Å². The molecule has 2 N–H and O–H groups in total. The van der Waals surface area contributed by atoms with Gasteiger partial charge in [0.15, 0.2) is 0 Å². The van der Waals surface area contributed by atoms with Crippen LogP contribution in [0.3, 0.4) is 0 Å². The SMILES string of the molecule is CC(C)CCCCCCC/C=C/CCC(=O)O[C@H](CCCCCCCCCCCC(C)C)CC(=O)NCC(=O)O. The van der Waals surface area contributed by atoms with E-state index >= 15 is 0 Å². The lowest BCUT2D eigenvalue weighted by Gasteiger charge is -2.17. The average Bonchev–Trinajstić information content (AvgIpc) is 2.88. The van der Waals surface area contributed by atoms with Crippen LogP contribution in [0.5, 0.6) is 0 Å². The molecule has 0 spiro atoms. The van der Waals surface area contributed by atoms with Crippen molar-refractivity contribution in [2.75, 3.05) is 6.54 Å². The predicted molar refractivity (Wildman–Crippen MR) is 166 cm³/mol. The van der Waals surface area contributed by atoms with Crippen LogP contribution in [-0.4, -0.2) is 35.6 Å². The summed E-state index contributed by atoms with van der Waals surface area (Å²) in [5, 5.41) is 11.2. The van der Waals surface area contributed by atoms with Crippen LogP contribution in [0.1, 0.15) is 163 Å². The van der Waals surface area contributed by atoms with E-state index in [2.05, 4.69) is 45.2 Å². The summed E-state index contributed by atoms with van der Waals surface area (Å²) in [4.78, 5) is 35.3. The van der Waals surface area contributed by atoms with Crippen molar-refractivity contribution < 1.29 is 24.2 Å². The summed E-state index contributed by atoms with van der Waals surface area (Å²) < 4.78 is 5.65. The molecule has 0 aliphatic carbocycles. The molecule has 0 fully saturated rings. The van der Waals surface area contributed by atoms with E-state index in [1.54, 1.807) is 0 Å². The van der Waals surface area contributed by atoms with Gasteiger partial charge in [0, 0.05) is 6.42 Å². The zero-order chi connectivity index (χ0) is 29.8. The maximum Gasteiger partial charge on any atom is 0.322 e. The normalized spacial score (nSPS) is 12.3. The van der Waals surface area contributed by atoms with Crippen molar-refractivity contribution in [2.24, 2.45) is 11.8 Å². The van der Waals surface area contributed by atoms with Crippen LogP contribution in [-0.2, 0) is 19.1 Å². The fraction of sp³-hybridized carbons (Fsp3) is 0.853. The number of ether oxygens (including phenoxy) is 1. The van der Waals surface area contributed by atoms with Gasteiger partial charge in [-0.05, 0) is 43.9 Å². The molecule has 0 aromatic carbocycles. The van der Waals surface area contributed by atoms with Crippen LogP contribution in [0.25, 0.3) is 0 Å². The van der Waals surface area contributed by atoms with Gasteiger partial charge in [0.25, 0.3) is 0 Å². The van der Waals surface area contributed by atoms with E-state index in [9.17, 15) is 14.4 Å². The maximum atomic E-state index is 12.4. The summed E-state index contributed by atoms with van der Waals surface area (Å²) in [5.74, 6) is -0.158. The highest BCUT2D eigenvalue weighted by molar-refractivity contribution is 5.81. The lowest BCUT2D eigenvalue weighted by atomic mass is 10.0. The average molecular weight is 566 g/mol. The monoisotopic (exact) mass is 565 g/mol. The van der Waals surface area contributed by atoms with Gasteiger partial charge in [-0.25, -0.2) is 0 Å². The summed E-state index contributed by atoms with van der Waals surface area (Å²) in [6.07, 6.45) is 26.3. The van der Waals surface area contributed by atoms with Gasteiger partial charge >= 0.3 is 11.9 Å². The van der Waals surface area contributed by atoms with E-state index in [0.29, 0.717) is 19.3 Å². The smallest absolute Gasteiger partial charge is 0.322 e. The predicted octanol–water partition coefficient (Wildman–Crippen LogP) is 9.16. The minimum absolute atomic E-state index is 0.0163. The Morgan fingerprint density at radius 2 is 1.10 bits per heavy atom. The number of allylic oxidation sites excluding steroid dienone is 2.